The van der Waals surface area contributed by atoms with Crippen LogP contribution in [0.15, 0.2) is 0 Å². The summed E-state index contributed by atoms with van der Waals surface area (Å²) in [6.45, 7) is 0.370. The van der Waals surface area contributed by atoms with Crippen molar-refractivity contribution < 1.29 is 15.0 Å². The zero-order valence-corrected chi connectivity index (χ0v) is 5.63. The first-order valence-electron chi connectivity index (χ1n) is 3.30. The Bertz CT molecular complexity index is 140. The van der Waals surface area contributed by atoms with Gasteiger partial charge in [0.05, 0.1) is 6.61 Å². The molecule has 1 heterocycles. The summed E-state index contributed by atoms with van der Waals surface area (Å²) in [4.78, 5) is 10.5. The summed E-state index contributed by atoms with van der Waals surface area (Å²) in [5.74, 6) is -0.951. The molecular weight excluding hydrogens is 134 g/mol. The van der Waals surface area contributed by atoms with Crippen LogP contribution in [-0.4, -0.2) is 34.9 Å². The molecule has 0 aromatic rings. The quantitative estimate of drug-likeness (QED) is 0.475. The highest BCUT2D eigenvalue weighted by Gasteiger charge is 2.40. The predicted molar refractivity (Wildman–Crippen MR) is 34.7 cm³/mol. The molecule has 4 heteroatoms. The lowest BCUT2D eigenvalue weighted by Gasteiger charge is -2.20. The van der Waals surface area contributed by atoms with Gasteiger partial charge in [-0.1, -0.05) is 0 Å². The molecule has 1 aliphatic heterocycles. The predicted octanol–water partition coefficient (Wildman–Crippen LogP) is -0.815. The summed E-state index contributed by atoms with van der Waals surface area (Å²) in [7, 11) is 0. The Labute approximate surface area is 58.9 Å². The van der Waals surface area contributed by atoms with Gasteiger partial charge in [0, 0.05) is 0 Å². The minimum Gasteiger partial charge on any atom is -0.480 e. The minimum atomic E-state index is -1.04. The zero-order chi connectivity index (χ0) is 7.61. The van der Waals surface area contributed by atoms with E-state index in [-0.39, 0.29) is 6.61 Å². The van der Waals surface area contributed by atoms with E-state index in [1.807, 2.05) is 0 Å². The van der Waals surface area contributed by atoms with Crippen LogP contribution in [0.2, 0.25) is 0 Å². The highest BCUT2D eigenvalue weighted by Crippen LogP contribution is 2.18. The molecule has 10 heavy (non-hydrogen) atoms. The van der Waals surface area contributed by atoms with E-state index in [0.29, 0.717) is 13.0 Å². The maximum Gasteiger partial charge on any atom is 0.326 e. The highest BCUT2D eigenvalue weighted by molar-refractivity contribution is 5.79. The van der Waals surface area contributed by atoms with Crippen LogP contribution in [0.1, 0.15) is 12.8 Å². The van der Waals surface area contributed by atoms with Crippen LogP contribution in [0.5, 0.6) is 0 Å². The maximum absolute atomic E-state index is 10.5. The van der Waals surface area contributed by atoms with Gasteiger partial charge in [-0.2, -0.15) is 0 Å². The number of aliphatic hydroxyl groups is 1. The normalized spacial score (nSPS) is 32.5. The second-order valence-corrected chi connectivity index (χ2v) is 2.58. The van der Waals surface area contributed by atoms with E-state index < -0.39 is 11.5 Å². The molecule has 0 saturated carbocycles. The SMILES string of the molecule is O=C(O)[C@@]1(CO)CCCN1. The number of aliphatic hydroxyl groups excluding tert-OH is 1. The van der Waals surface area contributed by atoms with Crippen molar-refractivity contribution in [3.63, 3.8) is 0 Å². The molecule has 0 aromatic carbocycles. The average molecular weight is 145 g/mol. The smallest absolute Gasteiger partial charge is 0.326 e. The molecule has 0 spiro atoms. The third-order valence-corrected chi connectivity index (χ3v) is 1.92. The standard InChI is InChI=1S/C6H11NO3/c8-4-6(5(9)10)2-1-3-7-6/h7-8H,1-4H2,(H,9,10)/t6-/m0/s1. The maximum atomic E-state index is 10.5. The lowest BCUT2D eigenvalue weighted by molar-refractivity contribution is -0.145. The number of carboxylic acids is 1. The molecule has 0 amide bonds. The zero-order valence-electron chi connectivity index (χ0n) is 5.63. The van der Waals surface area contributed by atoms with Crippen LogP contribution in [0.3, 0.4) is 0 Å². The summed E-state index contributed by atoms with van der Waals surface area (Å²) in [6, 6.07) is 0. The van der Waals surface area contributed by atoms with Crippen molar-refractivity contribution >= 4 is 5.97 Å². The third-order valence-electron chi connectivity index (χ3n) is 1.92. The first-order chi connectivity index (χ1) is 4.71. The van der Waals surface area contributed by atoms with Crippen molar-refractivity contribution in [2.75, 3.05) is 13.2 Å². The molecule has 3 N–H and O–H groups in total. The molecule has 1 fully saturated rings. The van der Waals surface area contributed by atoms with E-state index in [2.05, 4.69) is 5.32 Å². The second kappa shape index (κ2) is 2.56. The Balaban J connectivity index is 2.67. The Hall–Kier alpha value is -0.610. The molecule has 0 unspecified atom stereocenters. The van der Waals surface area contributed by atoms with Crippen LogP contribution < -0.4 is 5.32 Å². The van der Waals surface area contributed by atoms with Crippen LogP contribution in [0, 0.1) is 0 Å². The second-order valence-electron chi connectivity index (χ2n) is 2.58. The summed E-state index contributed by atoms with van der Waals surface area (Å²) in [5, 5.41) is 20.2. The van der Waals surface area contributed by atoms with Gasteiger partial charge in [0.1, 0.15) is 5.54 Å². The molecule has 0 bridgehead atoms. The number of rotatable bonds is 2. The number of hydrogen-bond acceptors (Lipinski definition) is 3. The number of carbonyl (C=O) groups is 1. The van der Waals surface area contributed by atoms with E-state index in [0.717, 1.165) is 6.42 Å². The van der Waals surface area contributed by atoms with E-state index >= 15 is 0 Å². The molecule has 1 rings (SSSR count). The third kappa shape index (κ3) is 0.998. The number of carboxylic acid groups (broad SMARTS) is 1. The van der Waals surface area contributed by atoms with E-state index in [1.165, 1.54) is 0 Å². The van der Waals surface area contributed by atoms with Crippen molar-refractivity contribution in [3.8, 4) is 0 Å². The highest BCUT2D eigenvalue weighted by atomic mass is 16.4. The van der Waals surface area contributed by atoms with Crippen molar-refractivity contribution in [3.05, 3.63) is 0 Å². The fourth-order valence-corrected chi connectivity index (χ4v) is 1.19. The van der Waals surface area contributed by atoms with E-state index in [1.54, 1.807) is 0 Å². The summed E-state index contributed by atoms with van der Waals surface area (Å²) in [6.07, 6.45) is 1.35. The summed E-state index contributed by atoms with van der Waals surface area (Å²) < 4.78 is 0. The van der Waals surface area contributed by atoms with Gasteiger partial charge in [0.25, 0.3) is 0 Å². The lowest BCUT2D eigenvalue weighted by Crippen LogP contribution is -2.50. The van der Waals surface area contributed by atoms with Gasteiger partial charge in [0.2, 0.25) is 0 Å². The number of aliphatic carboxylic acids is 1. The fraction of sp³-hybridized carbons (Fsp3) is 0.833. The summed E-state index contributed by atoms with van der Waals surface area (Å²) in [5.41, 5.74) is -1.04. The van der Waals surface area contributed by atoms with Crippen molar-refractivity contribution in [2.45, 2.75) is 18.4 Å². The van der Waals surface area contributed by atoms with Crippen LogP contribution in [-0.2, 0) is 4.79 Å². The Morgan fingerprint density at radius 3 is 2.60 bits per heavy atom. The number of nitrogens with one attached hydrogen (secondary N) is 1. The fourth-order valence-electron chi connectivity index (χ4n) is 1.19. The molecule has 0 aromatic heterocycles. The molecular formula is C6H11NO3. The van der Waals surface area contributed by atoms with Gasteiger partial charge < -0.3 is 10.2 Å². The Morgan fingerprint density at radius 1 is 1.70 bits per heavy atom. The Kier molecular flexibility index (Phi) is 1.92. The topological polar surface area (TPSA) is 69.6 Å². The van der Waals surface area contributed by atoms with Crippen LogP contribution >= 0.6 is 0 Å². The van der Waals surface area contributed by atoms with Gasteiger partial charge in [-0.25, -0.2) is 0 Å². The van der Waals surface area contributed by atoms with Crippen LogP contribution in [0.25, 0.3) is 0 Å². The van der Waals surface area contributed by atoms with Gasteiger partial charge in [-0.05, 0) is 19.4 Å². The molecule has 1 atom stereocenters. The van der Waals surface area contributed by atoms with Crippen LogP contribution in [0.4, 0.5) is 0 Å². The van der Waals surface area contributed by atoms with Gasteiger partial charge in [-0.15, -0.1) is 0 Å². The molecule has 58 valence electrons. The number of hydrogen-bond donors (Lipinski definition) is 3. The lowest BCUT2D eigenvalue weighted by atomic mass is 9.99. The van der Waals surface area contributed by atoms with E-state index in [4.69, 9.17) is 10.2 Å². The van der Waals surface area contributed by atoms with Crippen molar-refractivity contribution in [2.24, 2.45) is 0 Å². The Morgan fingerprint density at radius 2 is 2.40 bits per heavy atom. The van der Waals surface area contributed by atoms with Crippen molar-refractivity contribution in [1.82, 2.24) is 5.32 Å². The minimum absolute atomic E-state index is 0.317. The first-order valence-corrected chi connectivity index (χ1v) is 3.30. The monoisotopic (exact) mass is 145 g/mol. The molecule has 1 saturated heterocycles. The molecule has 1 aliphatic rings. The summed E-state index contributed by atoms with van der Waals surface area (Å²) >= 11 is 0. The molecule has 0 aliphatic carbocycles. The largest absolute Gasteiger partial charge is 0.480 e. The molecule has 4 nitrogen and oxygen atoms in total. The van der Waals surface area contributed by atoms with Gasteiger partial charge >= 0.3 is 5.97 Å². The van der Waals surface area contributed by atoms with Gasteiger partial charge in [0.15, 0.2) is 0 Å². The first kappa shape index (κ1) is 7.50. The van der Waals surface area contributed by atoms with Gasteiger partial charge in [-0.3, -0.25) is 10.1 Å². The van der Waals surface area contributed by atoms with Crippen molar-refractivity contribution in [1.29, 1.82) is 0 Å². The van der Waals surface area contributed by atoms with E-state index in [9.17, 15) is 4.79 Å². The molecule has 0 radical (unpaired) electrons. The average Bonchev–Trinajstić information content (AvgIpc) is 2.35.